The second-order valence-electron chi connectivity index (χ2n) is 9.91. The molecule has 0 fully saturated rings. The fourth-order valence-electron chi connectivity index (χ4n) is 4.59. The molecule has 2 amide bonds. The molecule has 0 aliphatic carbocycles. The summed E-state index contributed by atoms with van der Waals surface area (Å²) >= 11 is 6.11. The van der Waals surface area contributed by atoms with Gasteiger partial charge in [0.15, 0.2) is 0 Å². The Labute approximate surface area is 252 Å². The summed E-state index contributed by atoms with van der Waals surface area (Å²) in [5, 5.41) is 3.40. The van der Waals surface area contributed by atoms with E-state index in [1.165, 1.54) is 17.0 Å². The van der Waals surface area contributed by atoms with Gasteiger partial charge in [-0.25, -0.2) is 8.42 Å². The van der Waals surface area contributed by atoms with Crippen LogP contribution in [0.25, 0.3) is 0 Å². The highest BCUT2D eigenvalue weighted by atomic mass is 35.5. The number of rotatable bonds is 12. The molecular weight excluding hydrogens is 570 g/mol. The molecule has 1 atom stereocenters. The average molecular weight is 604 g/mol. The number of nitrogens with one attached hydrogen (secondary N) is 1. The smallest absolute Gasteiger partial charge is 0.264 e. The quantitative estimate of drug-likeness (QED) is 0.228. The number of aryl methyl sites for hydroxylation is 1. The predicted octanol–water partition coefficient (Wildman–Crippen LogP) is 5.62. The molecule has 0 radical (unpaired) electrons. The third kappa shape index (κ3) is 7.78. The van der Waals surface area contributed by atoms with Gasteiger partial charge in [0.1, 0.15) is 12.6 Å². The third-order valence-electron chi connectivity index (χ3n) is 6.82. The van der Waals surface area contributed by atoms with Gasteiger partial charge < -0.3 is 10.2 Å². The maximum absolute atomic E-state index is 14.3. The Hall–Kier alpha value is -4.14. The molecule has 4 aromatic rings. The number of halogens is 1. The van der Waals surface area contributed by atoms with Gasteiger partial charge in [0.05, 0.1) is 10.6 Å². The number of hydrogen-bond donors (Lipinski definition) is 1. The molecular formula is C33H34ClN3O4S. The summed E-state index contributed by atoms with van der Waals surface area (Å²) in [4.78, 5) is 29.3. The van der Waals surface area contributed by atoms with Crippen molar-refractivity contribution in [3.05, 3.63) is 131 Å². The summed E-state index contributed by atoms with van der Waals surface area (Å²) in [5.41, 5.74) is 2.88. The maximum Gasteiger partial charge on any atom is 0.264 e. The molecule has 9 heteroatoms. The zero-order chi connectivity index (χ0) is 30.1. The van der Waals surface area contributed by atoms with Gasteiger partial charge in [-0.3, -0.25) is 13.9 Å². The number of para-hydroxylation sites is 1. The van der Waals surface area contributed by atoms with Crippen molar-refractivity contribution in [1.29, 1.82) is 0 Å². The first kappa shape index (κ1) is 30.8. The summed E-state index contributed by atoms with van der Waals surface area (Å²) in [5.74, 6) is -0.840. The van der Waals surface area contributed by atoms with E-state index in [9.17, 15) is 18.0 Å². The standard InChI is InChI=1S/C33H34ClN3O4S/c1-3-35-33(39)31(22-26-10-6-4-7-11-26)36(23-27-16-18-28(34)19-17-27)32(38)24-37(29-12-8-5-9-13-29)42(40,41)30-20-14-25(2)15-21-30/h4-21,31H,3,22-24H2,1-2H3,(H,35,39)/t31-/m0/s1. The number of carbonyl (C=O) groups is 2. The van der Waals surface area contributed by atoms with E-state index in [0.29, 0.717) is 17.3 Å². The first-order chi connectivity index (χ1) is 20.2. The van der Waals surface area contributed by atoms with Gasteiger partial charge in [0.25, 0.3) is 10.0 Å². The van der Waals surface area contributed by atoms with Crippen molar-refractivity contribution in [3.8, 4) is 0 Å². The zero-order valence-electron chi connectivity index (χ0n) is 23.6. The van der Waals surface area contributed by atoms with Crippen molar-refractivity contribution in [2.24, 2.45) is 0 Å². The van der Waals surface area contributed by atoms with Gasteiger partial charge in [-0.05, 0) is 61.4 Å². The minimum atomic E-state index is -4.13. The molecule has 1 N–H and O–H groups in total. The van der Waals surface area contributed by atoms with Crippen LogP contribution in [0.4, 0.5) is 5.69 Å². The number of nitrogens with zero attached hydrogens (tertiary/aromatic N) is 2. The van der Waals surface area contributed by atoms with E-state index in [-0.39, 0.29) is 23.8 Å². The average Bonchev–Trinajstić information content (AvgIpc) is 2.99. The van der Waals surface area contributed by atoms with Crippen molar-refractivity contribution in [2.75, 3.05) is 17.4 Å². The molecule has 7 nitrogen and oxygen atoms in total. The minimum Gasteiger partial charge on any atom is -0.355 e. The molecule has 0 saturated carbocycles. The van der Waals surface area contributed by atoms with Crippen LogP contribution in [-0.4, -0.2) is 44.3 Å². The number of benzene rings is 4. The van der Waals surface area contributed by atoms with Gasteiger partial charge in [-0.1, -0.05) is 90.0 Å². The molecule has 0 aromatic heterocycles. The highest BCUT2D eigenvalue weighted by Gasteiger charge is 2.34. The Morgan fingerprint density at radius 3 is 2.00 bits per heavy atom. The van der Waals surface area contributed by atoms with E-state index in [0.717, 1.165) is 21.0 Å². The molecule has 0 spiro atoms. The van der Waals surface area contributed by atoms with E-state index in [1.807, 2.05) is 44.2 Å². The lowest BCUT2D eigenvalue weighted by Gasteiger charge is -2.33. The number of hydrogen-bond acceptors (Lipinski definition) is 4. The molecule has 0 aliphatic heterocycles. The topological polar surface area (TPSA) is 86.8 Å². The van der Waals surface area contributed by atoms with Crippen LogP contribution < -0.4 is 9.62 Å². The van der Waals surface area contributed by atoms with E-state index in [2.05, 4.69) is 5.32 Å². The lowest BCUT2D eigenvalue weighted by molar-refractivity contribution is -0.140. The van der Waals surface area contributed by atoms with Gasteiger partial charge in [0.2, 0.25) is 11.8 Å². The van der Waals surface area contributed by atoms with Gasteiger partial charge in [-0.2, -0.15) is 0 Å². The van der Waals surface area contributed by atoms with E-state index in [4.69, 9.17) is 11.6 Å². The summed E-state index contributed by atoms with van der Waals surface area (Å²) in [6.07, 6.45) is 0.252. The summed E-state index contributed by atoms with van der Waals surface area (Å²) in [6.45, 7) is 3.65. The van der Waals surface area contributed by atoms with Crippen LogP contribution in [0.5, 0.6) is 0 Å². The van der Waals surface area contributed by atoms with E-state index in [1.54, 1.807) is 66.7 Å². The minimum absolute atomic E-state index is 0.0681. The molecule has 42 heavy (non-hydrogen) atoms. The SMILES string of the molecule is CCNC(=O)[C@H](Cc1ccccc1)N(Cc1ccc(Cl)cc1)C(=O)CN(c1ccccc1)S(=O)(=O)c1ccc(C)cc1. The second-order valence-corrected chi connectivity index (χ2v) is 12.2. The molecule has 0 unspecified atom stereocenters. The van der Waals surface area contributed by atoms with Gasteiger partial charge >= 0.3 is 0 Å². The van der Waals surface area contributed by atoms with E-state index >= 15 is 0 Å². The second kappa shape index (κ2) is 14.2. The Balaban J connectivity index is 1.77. The summed E-state index contributed by atoms with van der Waals surface area (Å²) < 4.78 is 29.0. The fourth-order valence-corrected chi connectivity index (χ4v) is 6.13. The monoisotopic (exact) mass is 603 g/mol. The van der Waals surface area contributed by atoms with Crippen molar-refractivity contribution >= 4 is 39.1 Å². The molecule has 0 bridgehead atoms. The van der Waals surface area contributed by atoms with Crippen molar-refractivity contribution in [1.82, 2.24) is 10.2 Å². The number of anilines is 1. The Morgan fingerprint density at radius 2 is 1.40 bits per heavy atom. The normalized spacial score (nSPS) is 11.9. The molecule has 0 heterocycles. The Morgan fingerprint density at radius 1 is 0.810 bits per heavy atom. The first-order valence-electron chi connectivity index (χ1n) is 13.7. The van der Waals surface area contributed by atoms with Crippen LogP contribution in [0.15, 0.2) is 114 Å². The van der Waals surface area contributed by atoms with Crippen LogP contribution >= 0.6 is 11.6 Å². The van der Waals surface area contributed by atoms with Crippen LogP contribution in [0.2, 0.25) is 5.02 Å². The molecule has 218 valence electrons. The molecule has 0 aliphatic rings. The largest absolute Gasteiger partial charge is 0.355 e. The van der Waals surface area contributed by atoms with Crippen LogP contribution in [-0.2, 0) is 32.6 Å². The van der Waals surface area contributed by atoms with Crippen LogP contribution in [0.1, 0.15) is 23.6 Å². The van der Waals surface area contributed by atoms with Crippen LogP contribution in [0, 0.1) is 6.92 Å². The molecule has 4 aromatic carbocycles. The summed E-state index contributed by atoms with van der Waals surface area (Å²) in [7, 11) is -4.13. The maximum atomic E-state index is 14.3. The van der Waals surface area contributed by atoms with E-state index < -0.39 is 28.5 Å². The fraction of sp³-hybridized carbons (Fsp3) is 0.212. The molecule has 4 rings (SSSR count). The lowest BCUT2D eigenvalue weighted by Crippen LogP contribution is -2.53. The van der Waals surface area contributed by atoms with Crippen molar-refractivity contribution in [3.63, 3.8) is 0 Å². The number of amides is 2. The first-order valence-corrected chi connectivity index (χ1v) is 15.5. The Kier molecular flexibility index (Phi) is 10.4. The lowest BCUT2D eigenvalue weighted by atomic mass is 10.0. The number of sulfonamides is 1. The molecule has 0 saturated heterocycles. The highest BCUT2D eigenvalue weighted by molar-refractivity contribution is 7.92. The van der Waals surface area contributed by atoms with Crippen LogP contribution in [0.3, 0.4) is 0 Å². The number of likely N-dealkylation sites (N-methyl/N-ethyl adjacent to an activating group) is 1. The van der Waals surface area contributed by atoms with Gasteiger partial charge in [0, 0.05) is 24.5 Å². The zero-order valence-corrected chi connectivity index (χ0v) is 25.2. The Bertz CT molecular complexity index is 1580. The van der Waals surface area contributed by atoms with Crippen molar-refractivity contribution < 1.29 is 18.0 Å². The number of carbonyl (C=O) groups excluding carboxylic acids is 2. The third-order valence-corrected chi connectivity index (χ3v) is 8.86. The van der Waals surface area contributed by atoms with Crippen molar-refractivity contribution in [2.45, 2.75) is 37.8 Å². The summed E-state index contributed by atoms with van der Waals surface area (Å²) in [6, 6.07) is 30.6. The van der Waals surface area contributed by atoms with Gasteiger partial charge in [-0.15, -0.1) is 0 Å². The predicted molar refractivity (Wildman–Crippen MR) is 167 cm³/mol. The highest BCUT2D eigenvalue weighted by Crippen LogP contribution is 2.25.